The van der Waals surface area contributed by atoms with Crippen LogP contribution in [0.3, 0.4) is 0 Å². The second-order valence-electron chi connectivity index (χ2n) is 8.10. The number of nitrogen functional groups attached to an aromatic ring is 1. The quantitative estimate of drug-likeness (QED) is 0.337. The summed E-state index contributed by atoms with van der Waals surface area (Å²) in [7, 11) is 0. The lowest BCUT2D eigenvalue weighted by atomic mass is 9.97. The van der Waals surface area contributed by atoms with Crippen LogP contribution in [0, 0.1) is 0 Å². The van der Waals surface area contributed by atoms with Gasteiger partial charge in [-0.15, -0.1) is 11.3 Å². The van der Waals surface area contributed by atoms with Crippen LogP contribution in [0.2, 0.25) is 0 Å². The van der Waals surface area contributed by atoms with Crippen LogP contribution in [0.15, 0.2) is 78.9 Å². The minimum atomic E-state index is -0.161. The first-order valence-corrected chi connectivity index (χ1v) is 11.4. The normalized spacial score (nSPS) is 11.3. The average molecular weight is 438 g/mol. The highest BCUT2D eigenvalue weighted by molar-refractivity contribution is 7.21. The molecule has 0 unspecified atom stereocenters. The highest BCUT2D eigenvalue weighted by atomic mass is 32.1. The van der Waals surface area contributed by atoms with E-state index in [0.717, 1.165) is 43.4 Å². The number of rotatable bonds is 4. The van der Waals surface area contributed by atoms with E-state index in [-0.39, 0.29) is 11.9 Å². The SMILES string of the molecule is CC(C)NC(=O)c1sc2nc(-c3cccc4ccccc34)cc(-c3ccccc3)c2c1N. The zero-order chi connectivity index (χ0) is 22.2. The third-order valence-electron chi connectivity index (χ3n) is 5.48. The molecule has 2 aromatic heterocycles. The number of fused-ring (bicyclic) bond motifs is 2. The van der Waals surface area contributed by atoms with E-state index in [1.165, 1.54) is 11.3 Å². The van der Waals surface area contributed by atoms with Crippen molar-refractivity contribution in [3.63, 3.8) is 0 Å². The van der Waals surface area contributed by atoms with Crippen molar-refractivity contribution in [2.24, 2.45) is 0 Å². The number of benzene rings is 3. The Hall–Kier alpha value is -3.70. The molecule has 32 heavy (non-hydrogen) atoms. The predicted molar refractivity (Wildman–Crippen MR) is 135 cm³/mol. The Morgan fingerprint density at radius 3 is 2.44 bits per heavy atom. The van der Waals surface area contributed by atoms with Crippen molar-refractivity contribution in [3.05, 3.63) is 83.7 Å². The second-order valence-corrected chi connectivity index (χ2v) is 9.10. The Balaban J connectivity index is 1.80. The number of hydrogen-bond acceptors (Lipinski definition) is 4. The largest absolute Gasteiger partial charge is 0.397 e. The van der Waals surface area contributed by atoms with Crippen LogP contribution in [-0.2, 0) is 0 Å². The van der Waals surface area contributed by atoms with Crippen molar-refractivity contribution < 1.29 is 4.79 Å². The molecule has 0 saturated heterocycles. The van der Waals surface area contributed by atoms with Crippen LogP contribution in [0.25, 0.3) is 43.4 Å². The molecule has 0 saturated carbocycles. The van der Waals surface area contributed by atoms with Crippen molar-refractivity contribution in [1.29, 1.82) is 0 Å². The molecule has 5 heteroatoms. The number of pyridine rings is 1. The fourth-order valence-corrected chi connectivity index (χ4v) is 5.07. The molecule has 1 amide bonds. The van der Waals surface area contributed by atoms with Crippen LogP contribution in [0.5, 0.6) is 0 Å². The first-order valence-electron chi connectivity index (χ1n) is 10.6. The monoisotopic (exact) mass is 437 g/mol. The minimum Gasteiger partial charge on any atom is -0.397 e. The summed E-state index contributed by atoms with van der Waals surface area (Å²) in [5.74, 6) is -0.161. The molecule has 0 aliphatic heterocycles. The molecule has 5 rings (SSSR count). The van der Waals surface area contributed by atoms with E-state index in [1.54, 1.807) is 0 Å². The first-order chi connectivity index (χ1) is 15.5. The summed E-state index contributed by atoms with van der Waals surface area (Å²) < 4.78 is 0. The maximum atomic E-state index is 12.8. The number of amides is 1. The van der Waals surface area contributed by atoms with Gasteiger partial charge in [-0.3, -0.25) is 4.79 Å². The summed E-state index contributed by atoms with van der Waals surface area (Å²) in [5, 5.41) is 6.09. The maximum absolute atomic E-state index is 12.8. The van der Waals surface area contributed by atoms with Gasteiger partial charge in [-0.2, -0.15) is 0 Å². The van der Waals surface area contributed by atoms with E-state index in [1.807, 2.05) is 44.2 Å². The van der Waals surface area contributed by atoms with Gasteiger partial charge >= 0.3 is 0 Å². The second kappa shape index (κ2) is 8.09. The summed E-state index contributed by atoms with van der Waals surface area (Å²) in [4.78, 5) is 19.1. The Morgan fingerprint density at radius 2 is 1.66 bits per heavy atom. The number of nitrogens with zero attached hydrogens (tertiary/aromatic N) is 1. The van der Waals surface area contributed by atoms with E-state index in [2.05, 4.69) is 53.8 Å². The molecule has 5 aromatic rings. The standard InChI is InChI=1S/C27H23N3OS/c1-16(2)29-26(31)25-24(28)23-21(18-9-4-3-5-10-18)15-22(30-27(23)32-25)20-14-8-12-17-11-6-7-13-19(17)20/h3-16H,28H2,1-2H3,(H,29,31). The van der Waals surface area contributed by atoms with E-state index in [0.29, 0.717) is 10.6 Å². The van der Waals surface area contributed by atoms with Gasteiger partial charge in [-0.05, 0) is 41.8 Å². The Labute approximate surface area is 190 Å². The number of hydrogen-bond donors (Lipinski definition) is 2. The van der Waals surface area contributed by atoms with Gasteiger partial charge < -0.3 is 11.1 Å². The molecule has 3 N–H and O–H groups in total. The van der Waals surface area contributed by atoms with Crippen molar-refractivity contribution >= 4 is 43.9 Å². The smallest absolute Gasteiger partial charge is 0.263 e. The lowest BCUT2D eigenvalue weighted by molar-refractivity contribution is 0.0948. The minimum absolute atomic E-state index is 0.0277. The summed E-state index contributed by atoms with van der Waals surface area (Å²) >= 11 is 1.35. The topological polar surface area (TPSA) is 68.0 Å². The molecular formula is C27H23N3OS. The molecule has 0 bridgehead atoms. The van der Waals surface area contributed by atoms with Gasteiger partial charge in [0.15, 0.2) is 0 Å². The molecule has 2 heterocycles. The molecule has 0 aliphatic carbocycles. The van der Waals surface area contributed by atoms with Crippen molar-refractivity contribution in [3.8, 4) is 22.4 Å². The van der Waals surface area contributed by atoms with E-state index in [9.17, 15) is 4.79 Å². The summed E-state index contributed by atoms with van der Waals surface area (Å²) in [6, 6.07) is 26.8. The third kappa shape index (κ3) is 3.51. The number of thiophene rings is 1. The number of aromatic nitrogens is 1. The van der Waals surface area contributed by atoms with Crippen LogP contribution < -0.4 is 11.1 Å². The molecule has 0 atom stereocenters. The zero-order valence-corrected chi connectivity index (χ0v) is 18.7. The lowest BCUT2D eigenvalue weighted by Gasteiger charge is -2.11. The third-order valence-corrected chi connectivity index (χ3v) is 6.57. The summed E-state index contributed by atoms with van der Waals surface area (Å²) in [5.41, 5.74) is 11.0. The molecule has 0 spiro atoms. The highest BCUT2D eigenvalue weighted by Crippen LogP contribution is 2.42. The Morgan fingerprint density at radius 1 is 0.938 bits per heavy atom. The van der Waals surface area contributed by atoms with Crippen LogP contribution in [-0.4, -0.2) is 16.9 Å². The van der Waals surface area contributed by atoms with Gasteiger partial charge in [0, 0.05) is 17.0 Å². The number of anilines is 1. The van der Waals surface area contributed by atoms with E-state index in [4.69, 9.17) is 10.7 Å². The number of carbonyl (C=O) groups excluding carboxylic acids is 1. The number of nitrogens with one attached hydrogen (secondary N) is 1. The van der Waals surface area contributed by atoms with E-state index >= 15 is 0 Å². The Bertz CT molecular complexity index is 1450. The van der Waals surface area contributed by atoms with Crippen molar-refractivity contribution in [2.75, 3.05) is 5.73 Å². The average Bonchev–Trinajstić information content (AvgIpc) is 3.15. The van der Waals surface area contributed by atoms with Gasteiger partial charge in [-0.1, -0.05) is 72.8 Å². The first kappa shape index (κ1) is 20.2. The number of carbonyl (C=O) groups is 1. The van der Waals surface area contributed by atoms with Gasteiger partial charge in [-0.25, -0.2) is 4.98 Å². The van der Waals surface area contributed by atoms with Gasteiger partial charge in [0.1, 0.15) is 9.71 Å². The molecular weight excluding hydrogens is 414 g/mol. The van der Waals surface area contributed by atoms with Crippen LogP contribution in [0.4, 0.5) is 5.69 Å². The predicted octanol–water partition coefficient (Wildman–Crippen LogP) is 6.50. The van der Waals surface area contributed by atoms with Gasteiger partial charge in [0.2, 0.25) is 0 Å². The molecule has 3 aromatic carbocycles. The zero-order valence-electron chi connectivity index (χ0n) is 17.9. The molecule has 0 fully saturated rings. The highest BCUT2D eigenvalue weighted by Gasteiger charge is 2.22. The van der Waals surface area contributed by atoms with Crippen LogP contribution >= 0.6 is 11.3 Å². The van der Waals surface area contributed by atoms with Gasteiger partial charge in [0.25, 0.3) is 5.91 Å². The summed E-state index contributed by atoms with van der Waals surface area (Å²) in [6.07, 6.45) is 0. The van der Waals surface area contributed by atoms with Crippen molar-refractivity contribution in [1.82, 2.24) is 10.3 Å². The van der Waals surface area contributed by atoms with Crippen molar-refractivity contribution in [2.45, 2.75) is 19.9 Å². The van der Waals surface area contributed by atoms with Gasteiger partial charge in [0.05, 0.1) is 11.4 Å². The fourth-order valence-electron chi connectivity index (χ4n) is 4.05. The molecule has 0 radical (unpaired) electrons. The van der Waals surface area contributed by atoms with E-state index < -0.39 is 0 Å². The number of nitrogens with two attached hydrogens (primary N) is 1. The Kier molecular flexibility index (Phi) is 5.11. The summed E-state index contributed by atoms with van der Waals surface area (Å²) in [6.45, 7) is 3.88. The molecule has 158 valence electrons. The maximum Gasteiger partial charge on any atom is 0.263 e. The fraction of sp³-hybridized carbons (Fsp3) is 0.111. The van der Waals surface area contributed by atoms with Crippen LogP contribution in [0.1, 0.15) is 23.5 Å². The lowest BCUT2D eigenvalue weighted by Crippen LogP contribution is -2.29. The molecule has 4 nitrogen and oxygen atoms in total. The molecule has 0 aliphatic rings.